The van der Waals surface area contributed by atoms with Crippen LogP contribution in [0.1, 0.15) is 24.5 Å². The summed E-state index contributed by atoms with van der Waals surface area (Å²) in [6.07, 6.45) is 1.53. The van der Waals surface area contributed by atoms with Gasteiger partial charge in [-0.15, -0.1) is 24.0 Å². The number of guanidine groups is 1. The van der Waals surface area contributed by atoms with Gasteiger partial charge in [0.1, 0.15) is 0 Å². The number of benzene rings is 2. The van der Waals surface area contributed by atoms with Crippen LogP contribution in [0.3, 0.4) is 0 Å². The van der Waals surface area contributed by atoms with Crippen LogP contribution in [0.25, 0.3) is 0 Å². The summed E-state index contributed by atoms with van der Waals surface area (Å²) in [5, 5.41) is 3.33. The number of nitrogens with zero attached hydrogens (tertiary/aromatic N) is 2. The van der Waals surface area contributed by atoms with Crippen molar-refractivity contribution in [3.63, 3.8) is 0 Å². The number of rotatable bonds is 7. The molecule has 0 fully saturated rings. The molecule has 0 bridgehead atoms. The highest BCUT2D eigenvalue weighted by Crippen LogP contribution is 2.27. The first kappa shape index (κ1) is 22.7. The first-order valence-electron chi connectivity index (χ1n) is 9.47. The number of nitrogens with one attached hydrogen (secondary N) is 1. The summed E-state index contributed by atoms with van der Waals surface area (Å²) in [5.74, 6) is 1.08. The number of anilines is 1. The second kappa shape index (κ2) is 10.8. The monoisotopic (exact) mass is 513 g/mol. The predicted molar refractivity (Wildman–Crippen MR) is 127 cm³/mol. The van der Waals surface area contributed by atoms with E-state index < -0.39 is 9.84 Å². The Balaban J connectivity index is 0.00000280. The van der Waals surface area contributed by atoms with E-state index in [-0.39, 0.29) is 35.5 Å². The predicted octanol–water partition coefficient (Wildman–Crippen LogP) is 3.64. The normalized spacial score (nSPS) is 13.8. The molecule has 0 aliphatic carbocycles. The van der Waals surface area contributed by atoms with Gasteiger partial charge in [0, 0.05) is 25.3 Å². The Bertz CT molecular complexity index is 886. The van der Waals surface area contributed by atoms with E-state index in [1.165, 1.54) is 11.3 Å². The van der Waals surface area contributed by atoms with Crippen LogP contribution in [-0.2, 0) is 22.0 Å². The van der Waals surface area contributed by atoms with Crippen LogP contribution in [0.5, 0.6) is 0 Å². The molecule has 0 atom stereocenters. The van der Waals surface area contributed by atoms with Crippen LogP contribution in [-0.4, -0.2) is 39.8 Å². The van der Waals surface area contributed by atoms with Gasteiger partial charge in [-0.2, -0.15) is 0 Å². The van der Waals surface area contributed by atoms with Crippen molar-refractivity contribution in [3.8, 4) is 0 Å². The second-order valence-corrected chi connectivity index (χ2v) is 8.88. The van der Waals surface area contributed by atoms with Crippen LogP contribution < -0.4 is 10.2 Å². The molecule has 1 aliphatic heterocycles. The van der Waals surface area contributed by atoms with Gasteiger partial charge >= 0.3 is 0 Å². The molecule has 0 unspecified atom stereocenters. The van der Waals surface area contributed by atoms with Crippen molar-refractivity contribution in [1.82, 2.24) is 5.32 Å². The standard InChI is InChI=1S/C21H27N3O2S.HI/c1-2-22-21(24-15-13-19-11-6-7-12-20(19)24)23-14-8-16-27(25,26)17-18-9-4-3-5-10-18;/h3-7,9-12H,2,8,13-17H2,1H3,(H,22,23);1H. The molecular formula is C21H28IN3O2S. The minimum Gasteiger partial charge on any atom is -0.356 e. The van der Waals surface area contributed by atoms with Gasteiger partial charge in [-0.25, -0.2) is 8.42 Å². The van der Waals surface area contributed by atoms with E-state index in [9.17, 15) is 8.42 Å². The fourth-order valence-corrected chi connectivity index (χ4v) is 4.74. The zero-order chi connectivity index (χ0) is 19.1. The summed E-state index contributed by atoms with van der Waals surface area (Å²) in [6, 6.07) is 17.7. The van der Waals surface area contributed by atoms with Crippen LogP contribution in [0.4, 0.5) is 5.69 Å². The van der Waals surface area contributed by atoms with E-state index in [0.29, 0.717) is 13.0 Å². The van der Waals surface area contributed by atoms with Crippen LogP contribution in [0.15, 0.2) is 59.6 Å². The van der Waals surface area contributed by atoms with Crippen molar-refractivity contribution < 1.29 is 8.42 Å². The molecule has 1 N–H and O–H groups in total. The Morgan fingerprint density at radius 2 is 1.82 bits per heavy atom. The van der Waals surface area contributed by atoms with Gasteiger partial charge in [-0.3, -0.25) is 4.99 Å². The number of hydrogen-bond acceptors (Lipinski definition) is 3. The summed E-state index contributed by atoms with van der Waals surface area (Å²) in [7, 11) is -3.12. The first-order chi connectivity index (χ1) is 13.1. The molecule has 0 saturated heterocycles. The van der Waals surface area contributed by atoms with E-state index in [4.69, 9.17) is 0 Å². The van der Waals surface area contributed by atoms with Crippen molar-refractivity contribution in [2.75, 3.05) is 30.3 Å². The highest BCUT2D eigenvalue weighted by molar-refractivity contribution is 14.0. The maximum atomic E-state index is 12.3. The smallest absolute Gasteiger partial charge is 0.198 e. The lowest BCUT2D eigenvalue weighted by Crippen LogP contribution is -2.40. The molecule has 3 rings (SSSR count). The summed E-state index contributed by atoms with van der Waals surface area (Å²) in [5.41, 5.74) is 3.35. The number of fused-ring (bicyclic) bond motifs is 1. The number of para-hydroxylation sites is 1. The highest BCUT2D eigenvalue weighted by Gasteiger charge is 2.22. The third kappa shape index (κ3) is 6.20. The van der Waals surface area contributed by atoms with E-state index in [1.807, 2.05) is 43.3 Å². The SMILES string of the molecule is CCNC(=NCCCS(=O)(=O)Cc1ccccc1)N1CCc2ccccc21.I. The third-order valence-electron chi connectivity index (χ3n) is 4.58. The molecule has 152 valence electrons. The highest BCUT2D eigenvalue weighted by atomic mass is 127. The molecule has 7 heteroatoms. The van der Waals surface area contributed by atoms with Crippen LogP contribution >= 0.6 is 24.0 Å². The molecule has 1 heterocycles. The van der Waals surface area contributed by atoms with Gasteiger partial charge in [0.05, 0.1) is 11.5 Å². The molecule has 28 heavy (non-hydrogen) atoms. The maximum Gasteiger partial charge on any atom is 0.198 e. The number of sulfone groups is 1. The average Bonchev–Trinajstić information content (AvgIpc) is 3.09. The largest absolute Gasteiger partial charge is 0.356 e. The molecular weight excluding hydrogens is 485 g/mol. The Morgan fingerprint density at radius 3 is 2.57 bits per heavy atom. The first-order valence-corrected chi connectivity index (χ1v) is 11.3. The average molecular weight is 513 g/mol. The van der Waals surface area contributed by atoms with E-state index in [0.717, 1.165) is 31.0 Å². The molecule has 0 radical (unpaired) electrons. The second-order valence-electron chi connectivity index (χ2n) is 6.70. The molecule has 5 nitrogen and oxygen atoms in total. The van der Waals surface area contributed by atoms with Crippen molar-refractivity contribution >= 4 is 45.5 Å². The van der Waals surface area contributed by atoms with Crippen molar-refractivity contribution in [2.45, 2.75) is 25.5 Å². The summed E-state index contributed by atoms with van der Waals surface area (Å²) in [4.78, 5) is 6.86. The third-order valence-corrected chi connectivity index (χ3v) is 6.27. The lowest BCUT2D eigenvalue weighted by Gasteiger charge is -2.22. The lowest BCUT2D eigenvalue weighted by molar-refractivity contribution is 0.593. The van der Waals surface area contributed by atoms with Gasteiger partial charge in [-0.1, -0.05) is 48.5 Å². The van der Waals surface area contributed by atoms with Gasteiger partial charge in [0.25, 0.3) is 0 Å². The zero-order valence-electron chi connectivity index (χ0n) is 16.2. The number of aliphatic imine (C=N–C) groups is 1. The zero-order valence-corrected chi connectivity index (χ0v) is 19.3. The molecule has 1 aliphatic rings. The Hall–Kier alpha value is -1.61. The molecule has 0 saturated carbocycles. The Morgan fingerprint density at radius 1 is 1.11 bits per heavy atom. The summed E-state index contributed by atoms with van der Waals surface area (Å²) in [6.45, 7) is 4.22. The molecule has 0 aromatic heterocycles. The quantitative estimate of drug-likeness (QED) is 0.266. The van der Waals surface area contributed by atoms with E-state index in [1.54, 1.807) is 0 Å². The van der Waals surface area contributed by atoms with Gasteiger partial charge in [-0.05, 0) is 37.0 Å². The topological polar surface area (TPSA) is 61.8 Å². The van der Waals surface area contributed by atoms with E-state index in [2.05, 4.69) is 33.4 Å². The number of halogens is 1. The van der Waals surface area contributed by atoms with Crippen molar-refractivity contribution in [1.29, 1.82) is 0 Å². The minimum absolute atomic E-state index is 0. The van der Waals surface area contributed by atoms with Crippen molar-refractivity contribution in [3.05, 3.63) is 65.7 Å². The Labute approximate surface area is 185 Å². The summed E-state index contributed by atoms with van der Waals surface area (Å²) < 4.78 is 24.6. The van der Waals surface area contributed by atoms with Crippen molar-refractivity contribution in [2.24, 2.45) is 4.99 Å². The van der Waals surface area contributed by atoms with Crippen LogP contribution in [0, 0.1) is 0 Å². The number of hydrogen-bond donors (Lipinski definition) is 1. The fraction of sp³-hybridized carbons (Fsp3) is 0.381. The lowest BCUT2D eigenvalue weighted by atomic mass is 10.2. The fourth-order valence-electron chi connectivity index (χ4n) is 3.32. The molecule has 0 amide bonds. The van der Waals surface area contributed by atoms with Gasteiger partial charge < -0.3 is 10.2 Å². The Kier molecular flexibility index (Phi) is 8.75. The molecule has 2 aromatic carbocycles. The van der Waals surface area contributed by atoms with Crippen LogP contribution in [0.2, 0.25) is 0 Å². The summed E-state index contributed by atoms with van der Waals surface area (Å²) >= 11 is 0. The van der Waals surface area contributed by atoms with E-state index >= 15 is 0 Å². The van der Waals surface area contributed by atoms with Gasteiger partial charge in [0.2, 0.25) is 0 Å². The maximum absolute atomic E-state index is 12.3. The molecule has 2 aromatic rings. The minimum atomic E-state index is -3.12. The van der Waals surface area contributed by atoms with Gasteiger partial charge in [0.15, 0.2) is 15.8 Å². The molecule has 0 spiro atoms.